The second kappa shape index (κ2) is 8.78. The van der Waals surface area contributed by atoms with Crippen molar-refractivity contribution in [3.05, 3.63) is 83.5 Å². The number of hydrogen-bond donors (Lipinski definition) is 2. The van der Waals surface area contributed by atoms with Crippen LogP contribution in [0.15, 0.2) is 77.9 Å². The lowest BCUT2D eigenvalue weighted by Crippen LogP contribution is -2.06. The minimum Gasteiger partial charge on any atom is -0.508 e. The van der Waals surface area contributed by atoms with Crippen molar-refractivity contribution in [1.82, 2.24) is 5.32 Å². The predicted octanol–water partition coefficient (Wildman–Crippen LogP) is 4.62. The lowest BCUT2D eigenvalue weighted by Gasteiger charge is -2.17. The van der Waals surface area contributed by atoms with Gasteiger partial charge in [0, 0.05) is 24.4 Å². The Labute approximate surface area is 133 Å². The number of aliphatic hydroxyl groups excluding tert-OH is 1. The second-order valence-corrected chi connectivity index (χ2v) is 5.01. The standard InChI is InChI=1S/C19H25NO2/c1-6-14(2)19(16(4)21)15(3)18(12-20-5)22-13-17-10-8-7-9-11-17/h7-12,20-21H,3-4,6,13H2,1-2,5H3/b18-12+,19-14-. The van der Waals surface area contributed by atoms with E-state index < -0.39 is 0 Å². The molecule has 0 atom stereocenters. The minimum atomic E-state index is 0.00895. The molecule has 1 rings (SSSR count). The Morgan fingerprint density at radius 3 is 2.41 bits per heavy atom. The van der Waals surface area contributed by atoms with Crippen LogP contribution in [0.1, 0.15) is 25.8 Å². The van der Waals surface area contributed by atoms with E-state index >= 15 is 0 Å². The molecule has 118 valence electrons. The molecular formula is C19H25NO2. The van der Waals surface area contributed by atoms with Crippen LogP contribution < -0.4 is 5.32 Å². The molecule has 0 aliphatic heterocycles. The lowest BCUT2D eigenvalue weighted by molar-refractivity contribution is 0.205. The van der Waals surface area contributed by atoms with E-state index in [9.17, 15) is 5.11 Å². The zero-order valence-electron chi connectivity index (χ0n) is 13.6. The third-order valence-corrected chi connectivity index (χ3v) is 3.36. The summed E-state index contributed by atoms with van der Waals surface area (Å²) in [6.45, 7) is 12.1. The van der Waals surface area contributed by atoms with Gasteiger partial charge in [-0.25, -0.2) is 0 Å². The summed E-state index contributed by atoms with van der Waals surface area (Å²) in [5, 5.41) is 12.8. The zero-order chi connectivity index (χ0) is 16.5. The van der Waals surface area contributed by atoms with Gasteiger partial charge in [0.15, 0.2) is 0 Å². The van der Waals surface area contributed by atoms with Crippen molar-refractivity contribution in [2.45, 2.75) is 26.9 Å². The van der Waals surface area contributed by atoms with Crippen LogP contribution in [0.25, 0.3) is 0 Å². The molecule has 0 saturated heterocycles. The van der Waals surface area contributed by atoms with Gasteiger partial charge in [0.25, 0.3) is 0 Å². The van der Waals surface area contributed by atoms with Crippen LogP contribution in [0.2, 0.25) is 0 Å². The van der Waals surface area contributed by atoms with Gasteiger partial charge in [-0.05, 0) is 18.9 Å². The van der Waals surface area contributed by atoms with Crippen LogP contribution >= 0.6 is 0 Å². The van der Waals surface area contributed by atoms with Crippen LogP contribution in [0.4, 0.5) is 0 Å². The molecule has 3 nitrogen and oxygen atoms in total. The maximum absolute atomic E-state index is 9.87. The number of nitrogens with one attached hydrogen (secondary N) is 1. The first kappa shape index (κ1) is 17.6. The largest absolute Gasteiger partial charge is 0.508 e. The van der Waals surface area contributed by atoms with E-state index in [4.69, 9.17) is 4.74 Å². The van der Waals surface area contributed by atoms with Gasteiger partial charge in [-0.1, -0.05) is 56.0 Å². The summed E-state index contributed by atoms with van der Waals surface area (Å²) >= 11 is 0. The third-order valence-electron chi connectivity index (χ3n) is 3.36. The molecule has 3 heteroatoms. The number of hydrogen-bond acceptors (Lipinski definition) is 3. The highest BCUT2D eigenvalue weighted by Crippen LogP contribution is 2.27. The van der Waals surface area contributed by atoms with Gasteiger partial charge in [0.05, 0.1) is 0 Å². The maximum atomic E-state index is 9.87. The Balaban J connectivity index is 2.97. The minimum absolute atomic E-state index is 0.00895. The monoisotopic (exact) mass is 299 g/mol. The number of ether oxygens (including phenoxy) is 1. The highest BCUT2D eigenvalue weighted by atomic mass is 16.5. The average Bonchev–Trinajstić information content (AvgIpc) is 2.51. The van der Waals surface area contributed by atoms with Gasteiger partial charge in [0.2, 0.25) is 0 Å². The van der Waals surface area contributed by atoms with Gasteiger partial charge in [0.1, 0.15) is 18.1 Å². The highest BCUT2D eigenvalue weighted by molar-refractivity contribution is 5.51. The SMILES string of the molecule is C=C(O)/C(C(=C)/C(=C\NC)OCc1ccccc1)=C(/C)CC. The molecule has 1 aromatic rings. The number of benzene rings is 1. The molecular weight excluding hydrogens is 274 g/mol. The van der Waals surface area contributed by atoms with Crippen LogP contribution in [0, 0.1) is 0 Å². The van der Waals surface area contributed by atoms with Crippen LogP contribution in [-0.4, -0.2) is 12.2 Å². The molecule has 0 radical (unpaired) electrons. The van der Waals surface area contributed by atoms with Gasteiger partial charge >= 0.3 is 0 Å². The quantitative estimate of drug-likeness (QED) is 0.543. The normalized spacial score (nSPS) is 12.4. The Kier molecular flexibility index (Phi) is 7.03. The summed E-state index contributed by atoms with van der Waals surface area (Å²) in [5.41, 5.74) is 3.36. The molecule has 0 aromatic heterocycles. The molecule has 1 aromatic carbocycles. The fourth-order valence-electron chi connectivity index (χ4n) is 2.06. The molecule has 0 heterocycles. The molecule has 0 bridgehead atoms. The average molecular weight is 299 g/mol. The fourth-order valence-corrected chi connectivity index (χ4v) is 2.06. The molecule has 22 heavy (non-hydrogen) atoms. The number of rotatable bonds is 8. The van der Waals surface area contributed by atoms with Crippen molar-refractivity contribution in [3.8, 4) is 0 Å². The van der Waals surface area contributed by atoms with E-state index in [0.29, 0.717) is 23.5 Å². The van der Waals surface area contributed by atoms with Crippen LogP contribution in [0.3, 0.4) is 0 Å². The topological polar surface area (TPSA) is 41.5 Å². The smallest absolute Gasteiger partial charge is 0.142 e. The molecule has 0 aliphatic carbocycles. The fraction of sp³-hybridized carbons (Fsp3) is 0.263. The van der Waals surface area contributed by atoms with E-state index in [2.05, 4.69) is 18.5 Å². The summed E-state index contributed by atoms with van der Waals surface area (Å²) in [6, 6.07) is 9.90. The summed E-state index contributed by atoms with van der Waals surface area (Å²) in [4.78, 5) is 0. The van der Waals surface area contributed by atoms with Crippen molar-refractivity contribution in [3.63, 3.8) is 0 Å². The van der Waals surface area contributed by atoms with E-state index in [1.54, 1.807) is 13.2 Å². The number of aliphatic hydroxyl groups is 1. The summed E-state index contributed by atoms with van der Waals surface area (Å²) in [7, 11) is 1.79. The van der Waals surface area contributed by atoms with Gasteiger partial charge in [-0.2, -0.15) is 0 Å². The molecule has 2 N–H and O–H groups in total. The van der Waals surface area contributed by atoms with Crippen molar-refractivity contribution in [1.29, 1.82) is 0 Å². The lowest BCUT2D eigenvalue weighted by atomic mass is 9.97. The second-order valence-electron chi connectivity index (χ2n) is 5.01. The first-order chi connectivity index (χ1) is 10.5. The summed E-state index contributed by atoms with van der Waals surface area (Å²) in [5.74, 6) is 0.596. The van der Waals surface area contributed by atoms with Crippen molar-refractivity contribution >= 4 is 0 Å². The highest BCUT2D eigenvalue weighted by Gasteiger charge is 2.15. The Bertz CT molecular complexity index is 583. The Morgan fingerprint density at radius 2 is 1.91 bits per heavy atom. The van der Waals surface area contributed by atoms with Gasteiger partial charge in [-0.3, -0.25) is 0 Å². The first-order valence-corrected chi connectivity index (χ1v) is 7.33. The Hall–Kier alpha value is -2.42. The molecule has 0 aliphatic rings. The van der Waals surface area contributed by atoms with Crippen LogP contribution in [0.5, 0.6) is 0 Å². The molecule has 0 spiro atoms. The number of allylic oxidation sites excluding steroid dienone is 3. The Morgan fingerprint density at radius 1 is 1.27 bits per heavy atom. The van der Waals surface area contributed by atoms with E-state index in [0.717, 1.165) is 17.6 Å². The van der Waals surface area contributed by atoms with Gasteiger partial charge < -0.3 is 15.2 Å². The molecule has 0 unspecified atom stereocenters. The van der Waals surface area contributed by atoms with E-state index in [1.807, 2.05) is 44.2 Å². The maximum Gasteiger partial charge on any atom is 0.142 e. The van der Waals surface area contributed by atoms with Crippen molar-refractivity contribution in [2.75, 3.05) is 7.05 Å². The predicted molar refractivity (Wildman–Crippen MR) is 92.3 cm³/mol. The van der Waals surface area contributed by atoms with Crippen LogP contribution in [-0.2, 0) is 11.3 Å². The molecule has 0 amide bonds. The molecule has 0 saturated carbocycles. The summed E-state index contributed by atoms with van der Waals surface area (Å²) < 4.78 is 5.87. The third kappa shape index (κ3) is 4.85. The van der Waals surface area contributed by atoms with Crippen molar-refractivity contribution < 1.29 is 9.84 Å². The zero-order valence-corrected chi connectivity index (χ0v) is 13.6. The van der Waals surface area contributed by atoms with Crippen molar-refractivity contribution in [2.24, 2.45) is 0 Å². The van der Waals surface area contributed by atoms with E-state index in [-0.39, 0.29) is 5.76 Å². The summed E-state index contributed by atoms with van der Waals surface area (Å²) in [6.07, 6.45) is 2.54. The van der Waals surface area contributed by atoms with Gasteiger partial charge in [-0.15, -0.1) is 0 Å². The first-order valence-electron chi connectivity index (χ1n) is 7.33. The molecule has 0 fully saturated rings. The van der Waals surface area contributed by atoms with E-state index in [1.165, 1.54) is 0 Å².